The molecule has 33 heavy (non-hydrogen) atoms. The molecule has 0 radical (unpaired) electrons. The van der Waals surface area contributed by atoms with Crippen LogP contribution >= 0.6 is 11.6 Å². The Labute approximate surface area is 201 Å². The summed E-state index contributed by atoms with van der Waals surface area (Å²) >= 11 is 6.03. The van der Waals surface area contributed by atoms with Crippen molar-refractivity contribution in [1.29, 1.82) is 0 Å². The summed E-state index contributed by atoms with van der Waals surface area (Å²) in [7, 11) is -2.03. The Morgan fingerprint density at radius 3 is 2.24 bits per heavy atom. The number of carbonyl (C=O) groups is 2. The van der Waals surface area contributed by atoms with Crippen molar-refractivity contribution in [2.75, 3.05) is 20.1 Å². The third-order valence-electron chi connectivity index (χ3n) is 5.34. The molecule has 0 spiro atoms. The third-order valence-corrected chi connectivity index (χ3v) is 7.62. The molecular formula is C24H32ClN3O4S. The largest absolute Gasteiger partial charge is 0.340 e. The fourth-order valence-corrected chi connectivity index (χ4v) is 5.19. The second kappa shape index (κ2) is 11.6. The van der Waals surface area contributed by atoms with Crippen LogP contribution in [-0.4, -0.2) is 55.6 Å². The number of amides is 2. The molecule has 2 aromatic carbocycles. The average Bonchev–Trinajstić information content (AvgIpc) is 2.77. The molecule has 0 heterocycles. The van der Waals surface area contributed by atoms with Crippen molar-refractivity contribution in [3.05, 3.63) is 64.7 Å². The van der Waals surface area contributed by atoms with Gasteiger partial charge in [0.05, 0.1) is 4.90 Å². The van der Waals surface area contributed by atoms with E-state index in [9.17, 15) is 18.0 Å². The van der Waals surface area contributed by atoms with Crippen molar-refractivity contribution in [2.45, 2.75) is 45.2 Å². The number of nitrogens with one attached hydrogen (secondary N) is 1. The van der Waals surface area contributed by atoms with Gasteiger partial charge in [-0.2, -0.15) is 4.31 Å². The van der Waals surface area contributed by atoms with Gasteiger partial charge < -0.3 is 10.2 Å². The first kappa shape index (κ1) is 26.8. The second-order valence-corrected chi connectivity index (χ2v) is 10.5. The van der Waals surface area contributed by atoms with E-state index < -0.39 is 22.0 Å². The Morgan fingerprint density at radius 1 is 1.03 bits per heavy atom. The monoisotopic (exact) mass is 493 g/mol. The lowest BCUT2D eigenvalue weighted by atomic mass is 10.0. The maximum absolute atomic E-state index is 13.1. The standard InChI is InChI=1S/C24H32ClN3O4S/c1-6-28(7-2)33(31,32)21-13-9-11-19(15-21)23(29)26-22(17(3)4)24(30)27(5)16-18-10-8-12-20(25)14-18/h8-15,17,22H,6-7,16H2,1-5H3,(H,26,29)/t22-/m0/s1. The Kier molecular flexibility index (Phi) is 9.46. The lowest BCUT2D eigenvalue weighted by Crippen LogP contribution is -2.50. The molecule has 2 amide bonds. The fraction of sp³-hybridized carbons (Fsp3) is 0.417. The van der Waals surface area contributed by atoms with Gasteiger partial charge in [-0.3, -0.25) is 9.59 Å². The fourth-order valence-electron chi connectivity index (χ4n) is 3.47. The Morgan fingerprint density at radius 2 is 1.67 bits per heavy atom. The van der Waals surface area contributed by atoms with Gasteiger partial charge in [0.15, 0.2) is 0 Å². The van der Waals surface area contributed by atoms with E-state index in [0.717, 1.165) is 5.56 Å². The number of nitrogens with zero attached hydrogens (tertiary/aromatic N) is 2. The van der Waals surface area contributed by atoms with Gasteiger partial charge >= 0.3 is 0 Å². The first-order valence-electron chi connectivity index (χ1n) is 10.9. The smallest absolute Gasteiger partial charge is 0.251 e. The number of benzene rings is 2. The van der Waals surface area contributed by atoms with Crippen molar-refractivity contribution in [3.8, 4) is 0 Å². The molecule has 0 saturated carbocycles. The van der Waals surface area contributed by atoms with Crippen molar-refractivity contribution in [2.24, 2.45) is 5.92 Å². The lowest BCUT2D eigenvalue weighted by Gasteiger charge is -2.27. The number of sulfonamides is 1. The summed E-state index contributed by atoms with van der Waals surface area (Å²) in [5, 5.41) is 3.37. The first-order valence-corrected chi connectivity index (χ1v) is 12.7. The lowest BCUT2D eigenvalue weighted by molar-refractivity contribution is -0.133. The number of carbonyl (C=O) groups excluding carboxylic acids is 2. The summed E-state index contributed by atoms with van der Waals surface area (Å²) in [6.07, 6.45) is 0. The minimum absolute atomic E-state index is 0.0457. The van der Waals surface area contributed by atoms with E-state index in [1.165, 1.54) is 33.5 Å². The summed E-state index contributed by atoms with van der Waals surface area (Å²) in [5.41, 5.74) is 1.06. The van der Waals surface area contributed by atoms with Crippen LogP contribution in [0.1, 0.15) is 43.6 Å². The molecule has 0 aliphatic heterocycles. The molecule has 0 saturated heterocycles. The van der Waals surface area contributed by atoms with Crippen LogP contribution in [0.5, 0.6) is 0 Å². The minimum atomic E-state index is -3.70. The predicted molar refractivity (Wildman–Crippen MR) is 131 cm³/mol. The van der Waals surface area contributed by atoms with Crippen LogP contribution in [0.4, 0.5) is 0 Å². The maximum atomic E-state index is 13.1. The van der Waals surface area contributed by atoms with Crippen molar-refractivity contribution in [3.63, 3.8) is 0 Å². The molecular weight excluding hydrogens is 462 g/mol. The van der Waals surface area contributed by atoms with Crippen LogP contribution in [0.25, 0.3) is 0 Å². The third kappa shape index (κ3) is 6.79. The van der Waals surface area contributed by atoms with Crippen molar-refractivity contribution >= 4 is 33.4 Å². The molecule has 0 fully saturated rings. The number of likely N-dealkylation sites (N-methyl/N-ethyl adjacent to an activating group) is 1. The zero-order valence-electron chi connectivity index (χ0n) is 19.7. The Balaban J connectivity index is 2.21. The highest BCUT2D eigenvalue weighted by molar-refractivity contribution is 7.89. The highest BCUT2D eigenvalue weighted by Gasteiger charge is 2.28. The molecule has 0 bridgehead atoms. The summed E-state index contributed by atoms with van der Waals surface area (Å²) < 4.78 is 27.0. The molecule has 1 atom stereocenters. The molecule has 7 nitrogen and oxygen atoms in total. The maximum Gasteiger partial charge on any atom is 0.251 e. The molecule has 0 unspecified atom stereocenters. The first-order chi connectivity index (χ1) is 15.5. The molecule has 2 rings (SSSR count). The van der Waals surface area contributed by atoms with E-state index >= 15 is 0 Å². The van der Waals surface area contributed by atoms with E-state index in [1.54, 1.807) is 33.0 Å². The molecule has 0 aliphatic rings. The molecule has 180 valence electrons. The summed E-state index contributed by atoms with van der Waals surface area (Å²) in [5.74, 6) is -0.925. The van der Waals surface area contributed by atoms with E-state index in [4.69, 9.17) is 11.6 Å². The zero-order chi connectivity index (χ0) is 24.8. The normalized spacial score (nSPS) is 12.6. The van der Waals surface area contributed by atoms with E-state index in [0.29, 0.717) is 24.7 Å². The van der Waals surface area contributed by atoms with Crippen LogP contribution < -0.4 is 5.32 Å². The van der Waals surface area contributed by atoms with Gasteiger partial charge in [0.25, 0.3) is 5.91 Å². The van der Waals surface area contributed by atoms with Crippen LogP contribution in [0.2, 0.25) is 5.02 Å². The van der Waals surface area contributed by atoms with Crippen LogP contribution in [0, 0.1) is 5.92 Å². The average molecular weight is 494 g/mol. The van der Waals surface area contributed by atoms with Crippen LogP contribution in [0.3, 0.4) is 0 Å². The number of hydrogen-bond donors (Lipinski definition) is 1. The van der Waals surface area contributed by atoms with Gasteiger partial charge in [0.2, 0.25) is 15.9 Å². The van der Waals surface area contributed by atoms with Crippen LogP contribution in [0.15, 0.2) is 53.4 Å². The van der Waals surface area contributed by atoms with E-state index in [2.05, 4.69) is 5.32 Å². The highest BCUT2D eigenvalue weighted by Crippen LogP contribution is 2.18. The molecule has 0 aliphatic carbocycles. The van der Waals surface area contributed by atoms with Crippen molar-refractivity contribution in [1.82, 2.24) is 14.5 Å². The number of halogens is 1. The van der Waals surface area contributed by atoms with Gasteiger partial charge in [-0.1, -0.05) is 57.5 Å². The zero-order valence-corrected chi connectivity index (χ0v) is 21.3. The Bertz CT molecular complexity index is 1080. The minimum Gasteiger partial charge on any atom is -0.340 e. The van der Waals surface area contributed by atoms with Gasteiger partial charge in [0, 0.05) is 37.3 Å². The number of rotatable bonds is 10. The summed E-state index contributed by atoms with van der Waals surface area (Å²) in [6.45, 7) is 8.22. The van der Waals surface area contributed by atoms with Crippen molar-refractivity contribution < 1.29 is 18.0 Å². The topological polar surface area (TPSA) is 86.8 Å². The molecule has 1 N–H and O–H groups in total. The summed E-state index contributed by atoms with van der Waals surface area (Å²) in [4.78, 5) is 27.7. The molecule has 0 aromatic heterocycles. The van der Waals surface area contributed by atoms with E-state index in [-0.39, 0.29) is 22.3 Å². The summed E-state index contributed by atoms with van der Waals surface area (Å²) in [6, 6.07) is 12.3. The molecule has 2 aromatic rings. The van der Waals surface area contributed by atoms with Crippen LogP contribution in [-0.2, 0) is 21.4 Å². The molecule has 9 heteroatoms. The second-order valence-electron chi connectivity index (χ2n) is 8.14. The SMILES string of the molecule is CCN(CC)S(=O)(=O)c1cccc(C(=O)N[C@H](C(=O)N(C)Cc2cccc(Cl)c2)C(C)C)c1. The van der Waals surface area contributed by atoms with Gasteiger partial charge in [-0.15, -0.1) is 0 Å². The predicted octanol–water partition coefficient (Wildman–Crippen LogP) is 3.78. The van der Waals surface area contributed by atoms with Gasteiger partial charge in [-0.25, -0.2) is 8.42 Å². The van der Waals surface area contributed by atoms with Gasteiger partial charge in [-0.05, 0) is 41.8 Å². The quantitative estimate of drug-likeness (QED) is 0.545. The van der Waals surface area contributed by atoms with Gasteiger partial charge in [0.1, 0.15) is 6.04 Å². The number of hydrogen-bond acceptors (Lipinski definition) is 4. The Hall–Kier alpha value is -2.42. The van der Waals surface area contributed by atoms with E-state index in [1.807, 2.05) is 26.0 Å². The highest BCUT2D eigenvalue weighted by atomic mass is 35.5.